The third kappa shape index (κ3) is 3.22. The summed E-state index contributed by atoms with van der Waals surface area (Å²) >= 11 is 0. The number of hydrogen-bond donors (Lipinski definition) is 1. The standard InChI is InChI=1S/C20H19N5O3/c1-11(20-22-13(3)28-24-20)4-5-14-6-7-18-17(8-14)25-16(12(2)10-27-18)9-15(23-25)19(21)26/h6-9,11-12H,10H2,1-3H3,(H2,21,26)/t11?,12-/m0/s1. The highest BCUT2D eigenvalue weighted by Gasteiger charge is 2.24. The van der Waals surface area contributed by atoms with Crippen LogP contribution in [0.4, 0.5) is 0 Å². The highest BCUT2D eigenvalue weighted by Crippen LogP contribution is 2.32. The van der Waals surface area contributed by atoms with Crippen LogP contribution >= 0.6 is 0 Å². The summed E-state index contributed by atoms with van der Waals surface area (Å²) in [6.07, 6.45) is 0. The van der Waals surface area contributed by atoms with Gasteiger partial charge in [0.1, 0.15) is 11.4 Å². The fraction of sp³-hybridized carbons (Fsp3) is 0.300. The summed E-state index contributed by atoms with van der Waals surface area (Å²) in [4.78, 5) is 15.8. The molecule has 0 saturated carbocycles. The second-order valence-corrected chi connectivity index (χ2v) is 6.79. The number of carbonyl (C=O) groups excluding carboxylic acids is 1. The van der Waals surface area contributed by atoms with Crippen LogP contribution in [0.5, 0.6) is 5.75 Å². The van der Waals surface area contributed by atoms with Gasteiger partial charge in [0.25, 0.3) is 5.91 Å². The topological polar surface area (TPSA) is 109 Å². The number of aromatic nitrogens is 4. The van der Waals surface area contributed by atoms with E-state index in [0.717, 1.165) is 16.9 Å². The normalized spacial score (nSPS) is 16.0. The van der Waals surface area contributed by atoms with Crippen LogP contribution in [-0.4, -0.2) is 32.4 Å². The Morgan fingerprint density at radius 2 is 2.21 bits per heavy atom. The molecule has 0 aliphatic carbocycles. The number of amides is 1. The molecular formula is C20H19N5O3. The van der Waals surface area contributed by atoms with Gasteiger partial charge in [0, 0.05) is 18.4 Å². The van der Waals surface area contributed by atoms with Crippen molar-refractivity contribution in [2.75, 3.05) is 6.61 Å². The van der Waals surface area contributed by atoms with Crippen LogP contribution in [0, 0.1) is 18.8 Å². The smallest absolute Gasteiger partial charge is 0.269 e. The highest BCUT2D eigenvalue weighted by molar-refractivity contribution is 5.91. The predicted molar refractivity (Wildman–Crippen MR) is 100 cm³/mol. The number of benzene rings is 1. The Morgan fingerprint density at radius 1 is 1.39 bits per heavy atom. The van der Waals surface area contributed by atoms with E-state index in [4.69, 9.17) is 15.0 Å². The molecule has 2 atom stereocenters. The zero-order valence-corrected chi connectivity index (χ0v) is 15.8. The van der Waals surface area contributed by atoms with Gasteiger partial charge in [-0.1, -0.05) is 23.9 Å². The van der Waals surface area contributed by atoms with Gasteiger partial charge in [0.15, 0.2) is 11.5 Å². The molecule has 0 fully saturated rings. The quantitative estimate of drug-likeness (QED) is 0.687. The van der Waals surface area contributed by atoms with Crippen LogP contribution in [0.25, 0.3) is 5.69 Å². The second-order valence-electron chi connectivity index (χ2n) is 6.79. The number of rotatable bonds is 2. The van der Waals surface area contributed by atoms with E-state index in [2.05, 4.69) is 27.1 Å². The summed E-state index contributed by atoms with van der Waals surface area (Å²) in [6.45, 7) is 6.15. The van der Waals surface area contributed by atoms with Crippen molar-refractivity contribution in [2.24, 2.45) is 5.73 Å². The van der Waals surface area contributed by atoms with Gasteiger partial charge < -0.3 is 15.0 Å². The van der Waals surface area contributed by atoms with Crippen molar-refractivity contribution < 1.29 is 14.1 Å². The average molecular weight is 377 g/mol. The zero-order valence-electron chi connectivity index (χ0n) is 15.8. The monoisotopic (exact) mass is 377 g/mol. The zero-order chi connectivity index (χ0) is 19.8. The third-order valence-electron chi connectivity index (χ3n) is 4.53. The number of hydrogen-bond acceptors (Lipinski definition) is 6. The predicted octanol–water partition coefficient (Wildman–Crippen LogP) is 2.31. The molecule has 1 aliphatic heterocycles. The first-order valence-electron chi connectivity index (χ1n) is 8.91. The molecule has 2 aromatic heterocycles. The summed E-state index contributed by atoms with van der Waals surface area (Å²) in [5, 5.41) is 8.27. The molecule has 0 bridgehead atoms. The third-order valence-corrected chi connectivity index (χ3v) is 4.53. The molecule has 1 unspecified atom stereocenters. The molecule has 1 aromatic carbocycles. The molecular weight excluding hydrogens is 358 g/mol. The number of carbonyl (C=O) groups is 1. The summed E-state index contributed by atoms with van der Waals surface area (Å²) in [7, 11) is 0. The lowest BCUT2D eigenvalue weighted by Gasteiger charge is -2.08. The van der Waals surface area contributed by atoms with Crippen molar-refractivity contribution >= 4 is 5.91 Å². The minimum Gasteiger partial charge on any atom is -0.491 e. The molecule has 3 heterocycles. The van der Waals surface area contributed by atoms with E-state index in [9.17, 15) is 4.79 Å². The van der Waals surface area contributed by atoms with Gasteiger partial charge in [0.05, 0.1) is 18.2 Å². The van der Waals surface area contributed by atoms with Crippen LogP contribution in [-0.2, 0) is 0 Å². The van der Waals surface area contributed by atoms with Crippen molar-refractivity contribution in [1.82, 2.24) is 19.9 Å². The van der Waals surface area contributed by atoms with E-state index in [0.29, 0.717) is 24.1 Å². The first-order chi connectivity index (χ1) is 13.4. The van der Waals surface area contributed by atoms with Gasteiger partial charge in [0.2, 0.25) is 5.89 Å². The SMILES string of the molecule is Cc1nc(C(C)C#Cc2ccc3c(c2)-n2nc(C(N)=O)cc2[C@@H](C)CO3)no1. The second kappa shape index (κ2) is 6.85. The summed E-state index contributed by atoms with van der Waals surface area (Å²) in [5.74, 6) is 7.33. The fourth-order valence-electron chi connectivity index (χ4n) is 2.99. The Balaban J connectivity index is 1.72. The average Bonchev–Trinajstić information content (AvgIpc) is 3.28. The summed E-state index contributed by atoms with van der Waals surface area (Å²) < 4.78 is 12.6. The van der Waals surface area contributed by atoms with Crippen LogP contribution in [0.15, 0.2) is 28.8 Å². The molecule has 0 saturated heterocycles. The van der Waals surface area contributed by atoms with Crippen molar-refractivity contribution in [1.29, 1.82) is 0 Å². The number of ether oxygens (including phenoxy) is 1. The molecule has 142 valence electrons. The van der Waals surface area contributed by atoms with Gasteiger partial charge in [-0.15, -0.1) is 0 Å². The highest BCUT2D eigenvalue weighted by atomic mass is 16.5. The van der Waals surface area contributed by atoms with Gasteiger partial charge in [-0.05, 0) is 31.2 Å². The molecule has 3 aromatic rings. The van der Waals surface area contributed by atoms with E-state index >= 15 is 0 Å². The van der Waals surface area contributed by atoms with Gasteiger partial charge >= 0.3 is 0 Å². The maximum absolute atomic E-state index is 11.6. The molecule has 1 amide bonds. The number of fused-ring (bicyclic) bond motifs is 3. The van der Waals surface area contributed by atoms with Crippen molar-refractivity contribution in [3.8, 4) is 23.3 Å². The molecule has 8 nitrogen and oxygen atoms in total. The number of nitrogens with zero attached hydrogens (tertiary/aromatic N) is 4. The number of primary amides is 1. The Labute approximate surface area is 161 Å². The first kappa shape index (κ1) is 17.8. The Kier molecular flexibility index (Phi) is 4.35. The molecule has 0 spiro atoms. The minimum absolute atomic E-state index is 0.0593. The first-order valence-corrected chi connectivity index (χ1v) is 8.91. The van der Waals surface area contributed by atoms with Gasteiger partial charge in [-0.2, -0.15) is 10.1 Å². The Bertz CT molecular complexity index is 1120. The lowest BCUT2D eigenvalue weighted by molar-refractivity contribution is 0.0995. The largest absolute Gasteiger partial charge is 0.491 e. The molecule has 1 aliphatic rings. The van der Waals surface area contributed by atoms with Gasteiger partial charge in [-0.3, -0.25) is 4.79 Å². The molecule has 28 heavy (non-hydrogen) atoms. The van der Waals surface area contributed by atoms with Crippen molar-refractivity contribution in [2.45, 2.75) is 32.6 Å². The lowest BCUT2D eigenvalue weighted by atomic mass is 10.1. The summed E-state index contributed by atoms with van der Waals surface area (Å²) in [5.41, 5.74) is 8.02. The molecule has 4 rings (SSSR count). The van der Waals surface area contributed by atoms with E-state index in [1.54, 1.807) is 17.7 Å². The van der Waals surface area contributed by atoms with E-state index in [1.807, 2.05) is 32.0 Å². The maximum atomic E-state index is 11.6. The van der Waals surface area contributed by atoms with E-state index in [-0.39, 0.29) is 17.5 Å². The van der Waals surface area contributed by atoms with E-state index in [1.165, 1.54) is 0 Å². The number of aryl methyl sites for hydroxylation is 1. The van der Waals surface area contributed by atoms with Crippen LogP contribution in [0.1, 0.15) is 59.1 Å². The fourth-order valence-corrected chi connectivity index (χ4v) is 2.99. The van der Waals surface area contributed by atoms with Crippen molar-refractivity contribution in [3.63, 3.8) is 0 Å². The van der Waals surface area contributed by atoms with Crippen LogP contribution < -0.4 is 10.5 Å². The van der Waals surface area contributed by atoms with Gasteiger partial charge in [-0.25, -0.2) is 4.68 Å². The van der Waals surface area contributed by atoms with Crippen LogP contribution in [0.2, 0.25) is 0 Å². The molecule has 8 heteroatoms. The Hall–Kier alpha value is -3.60. The van der Waals surface area contributed by atoms with Crippen LogP contribution in [0.3, 0.4) is 0 Å². The minimum atomic E-state index is -0.560. The lowest BCUT2D eigenvalue weighted by Crippen LogP contribution is -2.12. The summed E-state index contributed by atoms with van der Waals surface area (Å²) in [6, 6.07) is 7.34. The molecule has 0 radical (unpaired) electrons. The van der Waals surface area contributed by atoms with E-state index < -0.39 is 5.91 Å². The number of nitrogens with two attached hydrogens (primary N) is 1. The maximum Gasteiger partial charge on any atom is 0.269 e. The molecule has 2 N–H and O–H groups in total. The Morgan fingerprint density at radius 3 is 2.93 bits per heavy atom. The van der Waals surface area contributed by atoms with Crippen molar-refractivity contribution in [3.05, 3.63) is 52.9 Å².